The second-order valence-electron chi connectivity index (χ2n) is 24.0. The smallest absolute Gasteiger partial charge is 0.135 e. The molecule has 0 radical (unpaired) electrons. The van der Waals surface area contributed by atoms with Crippen LogP contribution in [-0.4, -0.2) is 9.55 Å². The van der Waals surface area contributed by atoms with E-state index in [-0.39, 0.29) is 42.7 Å². The maximum absolute atomic E-state index is 7.26. The van der Waals surface area contributed by atoms with Crippen molar-refractivity contribution in [2.75, 3.05) is 9.80 Å². The SMILES string of the molecule is CC(C)(C)c1cc(Oc2[c-]c3c(c(C(C)(C)c4ccccc4)c2)c2ccccc2n3-c2cc(C(C)(C)c3ccccc3)ccn2)[c-]c(N2[CH-]N(c3cc(C(C)(C)C)cc(C(C)(C)C)c3)C=C2c2ccccc2)c1.[Pt]. The molecule has 0 saturated heterocycles. The molecule has 0 atom stereocenters. The third kappa shape index (κ3) is 10.0. The Kier molecular flexibility index (Phi) is 13.8. The second-order valence-corrected chi connectivity index (χ2v) is 24.0. The fourth-order valence-electron chi connectivity index (χ4n) is 10.2. The molecule has 0 saturated carbocycles. The Morgan fingerprint density at radius 1 is 0.500 bits per heavy atom. The number of pyridine rings is 1. The maximum Gasteiger partial charge on any atom is 0.135 e. The van der Waals surface area contributed by atoms with Crippen molar-refractivity contribution in [1.29, 1.82) is 0 Å². The molecule has 7 aromatic carbocycles. The first-order chi connectivity index (χ1) is 34.6. The fraction of sp³-hybridized carbons (Fsp3) is 0.265. The van der Waals surface area contributed by atoms with Gasteiger partial charge < -0.3 is 19.1 Å². The second kappa shape index (κ2) is 19.5. The van der Waals surface area contributed by atoms with Crippen LogP contribution in [0.2, 0.25) is 0 Å². The summed E-state index contributed by atoms with van der Waals surface area (Å²) in [5.74, 6) is 2.03. The third-order valence-electron chi connectivity index (χ3n) is 15.0. The quantitative estimate of drug-likeness (QED) is 0.128. The van der Waals surface area contributed by atoms with E-state index in [0.717, 1.165) is 61.4 Å². The van der Waals surface area contributed by atoms with Gasteiger partial charge in [0, 0.05) is 61.1 Å². The summed E-state index contributed by atoms with van der Waals surface area (Å²) in [4.78, 5) is 9.66. The molecule has 9 aromatic rings. The predicted octanol–water partition coefficient (Wildman–Crippen LogP) is 17.6. The summed E-state index contributed by atoms with van der Waals surface area (Å²) in [5.41, 5.74) is 13.6. The van der Waals surface area contributed by atoms with Gasteiger partial charge in [-0.05, 0) is 97.0 Å². The van der Waals surface area contributed by atoms with Crippen molar-refractivity contribution in [2.45, 2.75) is 117 Å². The number of benzene rings is 7. The molecule has 0 aliphatic carbocycles. The van der Waals surface area contributed by atoms with Crippen molar-refractivity contribution in [3.63, 3.8) is 0 Å². The van der Waals surface area contributed by atoms with Crippen molar-refractivity contribution in [3.8, 4) is 17.3 Å². The predicted molar refractivity (Wildman–Crippen MR) is 306 cm³/mol. The van der Waals surface area contributed by atoms with E-state index in [4.69, 9.17) is 9.72 Å². The Morgan fingerprint density at radius 3 is 1.65 bits per heavy atom. The summed E-state index contributed by atoms with van der Waals surface area (Å²) in [6.07, 6.45) is 4.20. The topological polar surface area (TPSA) is 33.5 Å². The molecule has 10 rings (SSSR count). The average Bonchev–Trinajstić information content (AvgIpc) is 3.97. The molecule has 0 unspecified atom stereocenters. The van der Waals surface area contributed by atoms with Gasteiger partial charge in [-0.1, -0.05) is 216 Å². The average molecular weight is 1150 g/mol. The number of rotatable bonds is 10. The molecule has 0 amide bonds. The van der Waals surface area contributed by atoms with E-state index in [2.05, 4.69) is 293 Å². The molecule has 0 spiro atoms. The van der Waals surface area contributed by atoms with Crippen LogP contribution >= 0.6 is 0 Å². The zero-order valence-electron chi connectivity index (χ0n) is 45.3. The van der Waals surface area contributed by atoms with Gasteiger partial charge in [-0.2, -0.15) is 0 Å². The molecule has 0 fully saturated rings. The van der Waals surface area contributed by atoms with Gasteiger partial charge >= 0.3 is 0 Å². The van der Waals surface area contributed by atoms with Crippen LogP contribution in [0.4, 0.5) is 11.4 Å². The Balaban J connectivity index is 0.00000672. The van der Waals surface area contributed by atoms with Crippen LogP contribution in [0.1, 0.15) is 135 Å². The van der Waals surface area contributed by atoms with Crippen molar-refractivity contribution in [2.24, 2.45) is 0 Å². The van der Waals surface area contributed by atoms with Gasteiger partial charge in [0.1, 0.15) is 5.82 Å². The molecule has 0 N–H and O–H groups in total. The minimum absolute atomic E-state index is 0. The first-order valence-corrected chi connectivity index (χ1v) is 25.8. The summed E-state index contributed by atoms with van der Waals surface area (Å²) in [6, 6.07) is 66.6. The van der Waals surface area contributed by atoms with E-state index in [1.54, 1.807) is 0 Å². The molecular weight excluding hydrogens is 1080 g/mol. The van der Waals surface area contributed by atoms with Gasteiger partial charge in [-0.15, -0.1) is 53.8 Å². The van der Waals surface area contributed by atoms with Crippen LogP contribution in [0.3, 0.4) is 0 Å². The fourth-order valence-corrected chi connectivity index (χ4v) is 10.2. The molecule has 74 heavy (non-hydrogen) atoms. The van der Waals surface area contributed by atoms with Gasteiger partial charge in [0.2, 0.25) is 0 Å². The van der Waals surface area contributed by atoms with E-state index in [0.29, 0.717) is 11.5 Å². The van der Waals surface area contributed by atoms with Crippen molar-refractivity contribution in [3.05, 3.63) is 239 Å². The number of anilines is 2. The molecule has 1 aliphatic heterocycles. The molecular formula is C68H69N4OPt-3. The zero-order valence-corrected chi connectivity index (χ0v) is 47.6. The van der Waals surface area contributed by atoms with Crippen LogP contribution in [-0.2, 0) is 48.1 Å². The molecule has 5 nitrogen and oxygen atoms in total. The van der Waals surface area contributed by atoms with Gasteiger partial charge in [-0.3, -0.25) is 0 Å². The molecule has 1 aliphatic rings. The number of hydrogen-bond acceptors (Lipinski definition) is 4. The third-order valence-corrected chi connectivity index (χ3v) is 15.0. The standard InChI is InChI=1S/C68H69N4O.Pt/c1-64(2,3)50-35-51(65(4,5)6)37-53(36-50)70-44-61(46-25-17-14-18-26-46)71(45-70)54-38-52(66(7,8)9)39-55(41-54)73-56-42-58(68(12,13)48-29-21-16-22-30-48)63-57-31-23-24-32-59(57)72(60(63)43-56)62-40-49(33-34-69-62)67(10,11)47-27-19-15-20-28-47;/h14-40,42,44-45H,1-13H3;/q-3;. The summed E-state index contributed by atoms with van der Waals surface area (Å²) >= 11 is 0. The van der Waals surface area contributed by atoms with E-state index < -0.39 is 5.41 Å². The monoisotopic (exact) mass is 1150 g/mol. The van der Waals surface area contributed by atoms with Gasteiger partial charge in [0.05, 0.1) is 0 Å². The number of aromatic nitrogens is 2. The van der Waals surface area contributed by atoms with E-state index >= 15 is 0 Å². The normalized spacial score (nSPS) is 13.6. The molecule has 380 valence electrons. The van der Waals surface area contributed by atoms with Crippen LogP contribution < -0.4 is 14.5 Å². The van der Waals surface area contributed by atoms with Crippen LogP contribution in [0.5, 0.6) is 11.5 Å². The first kappa shape index (κ1) is 52.2. The van der Waals surface area contributed by atoms with E-state index in [1.165, 1.54) is 27.8 Å². The molecule has 0 bridgehead atoms. The maximum atomic E-state index is 7.26. The van der Waals surface area contributed by atoms with E-state index in [9.17, 15) is 0 Å². The number of para-hydroxylation sites is 1. The molecule has 6 heteroatoms. The summed E-state index contributed by atoms with van der Waals surface area (Å²) in [5, 5.41) is 2.25. The molecule has 2 aromatic heterocycles. The molecule has 3 heterocycles. The van der Waals surface area contributed by atoms with Crippen LogP contribution in [0.25, 0.3) is 33.3 Å². The Bertz CT molecular complexity index is 3480. The number of fused-ring (bicyclic) bond motifs is 3. The largest absolute Gasteiger partial charge is 0.509 e. The summed E-state index contributed by atoms with van der Waals surface area (Å²) < 4.78 is 9.53. The number of ether oxygens (including phenoxy) is 1. The zero-order chi connectivity index (χ0) is 51.7. The van der Waals surface area contributed by atoms with Crippen molar-refractivity contribution < 1.29 is 25.8 Å². The van der Waals surface area contributed by atoms with Crippen LogP contribution in [0, 0.1) is 18.8 Å². The van der Waals surface area contributed by atoms with Gasteiger partial charge in [0.25, 0.3) is 0 Å². The van der Waals surface area contributed by atoms with Gasteiger partial charge in [-0.25, -0.2) is 4.98 Å². The van der Waals surface area contributed by atoms with Crippen molar-refractivity contribution in [1.82, 2.24) is 9.55 Å². The minimum Gasteiger partial charge on any atom is -0.509 e. The summed E-state index contributed by atoms with van der Waals surface area (Å²) in [7, 11) is 0. The van der Waals surface area contributed by atoms with Gasteiger partial charge in [0.15, 0.2) is 0 Å². The van der Waals surface area contributed by atoms with E-state index in [1.807, 2.05) is 6.20 Å². The Labute approximate surface area is 455 Å². The summed E-state index contributed by atoms with van der Waals surface area (Å²) in [6.45, 7) is 31.9. The Hall–Kier alpha value is -6.68. The number of nitrogens with zero attached hydrogens (tertiary/aromatic N) is 4. The number of hydrogen-bond donors (Lipinski definition) is 0. The minimum atomic E-state index is -0.436. The van der Waals surface area contributed by atoms with Crippen molar-refractivity contribution >= 4 is 38.9 Å². The Morgan fingerprint density at radius 2 is 1.04 bits per heavy atom. The first-order valence-electron chi connectivity index (χ1n) is 25.8. The van der Waals surface area contributed by atoms with Crippen LogP contribution in [0.15, 0.2) is 176 Å².